The molecule has 0 radical (unpaired) electrons. The number of nitrogens with zero attached hydrogens (tertiary/aromatic N) is 5. The molecule has 2 amide bonds. The second-order valence-corrected chi connectivity index (χ2v) is 14.2. The van der Waals surface area contributed by atoms with Gasteiger partial charge >= 0.3 is 0 Å². The number of allylic oxidation sites excluding steroid dienone is 1. The Morgan fingerprint density at radius 2 is 1.90 bits per heavy atom. The van der Waals surface area contributed by atoms with Gasteiger partial charge in [-0.25, -0.2) is 8.78 Å². The molecule has 1 fully saturated rings. The van der Waals surface area contributed by atoms with Crippen LogP contribution < -0.4 is 21.3 Å². The van der Waals surface area contributed by atoms with Gasteiger partial charge in [0.1, 0.15) is 0 Å². The Bertz CT molecular complexity index is 1870. The summed E-state index contributed by atoms with van der Waals surface area (Å²) in [6.07, 6.45) is 18.4. The van der Waals surface area contributed by atoms with E-state index < -0.39 is 6.43 Å². The number of terminal acetylenes is 1. The molecule has 2 aromatic carbocycles. The van der Waals surface area contributed by atoms with Gasteiger partial charge in [-0.1, -0.05) is 32.4 Å². The Balaban J connectivity index is 0.00000141. The van der Waals surface area contributed by atoms with Crippen LogP contribution >= 0.6 is 0 Å². The number of hydrogen-bond donors (Lipinski definition) is 3. The maximum absolute atomic E-state index is 14.9. The molecular formula is C45H62F2N8O3. The van der Waals surface area contributed by atoms with Crippen molar-refractivity contribution in [3.8, 4) is 12.8 Å². The van der Waals surface area contributed by atoms with Crippen LogP contribution in [0.15, 0.2) is 54.2 Å². The topological polar surface area (TPSA) is 130 Å². The van der Waals surface area contributed by atoms with Crippen molar-refractivity contribution in [3.63, 3.8) is 0 Å². The zero-order valence-corrected chi connectivity index (χ0v) is 34.9. The van der Waals surface area contributed by atoms with Crippen molar-refractivity contribution in [1.29, 1.82) is 0 Å². The molecule has 2 aliphatic heterocycles. The van der Waals surface area contributed by atoms with Crippen LogP contribution in [0.1, 0.15) is 97.5 Å². The number of alkyl halides is 2. The summed E-state index contributed by atoms with van der Waals surface area (Å²) in [4.78, 5) is 29.2. The van der Waals surface area contributed by atoms with Gasteiger partial charge in [-0.05, 0) is 99.0 Å². The lowest BCUT2D eigenvalue weighted by Crippen LogP contribution is -2.29. The van der Waals surface area contributed by atoms with Gasteiger partial charge in [0.2, 0.25) is 12.8 Å². The number of anilines is 2. The quantitative estimate of drug-likeness (QED) is 0.0399. The lowest BCUT2D eigenvalue weighted by molar-refractivity contribution is -0.110. The van der Waals surface area contributed by atoms with Crippen LogP contribution in [0, 0.1) is 19.8 Å². The summed E-state index contributed by atoms with van der Waals surface area (Å²) in [7, 11) is 3.67. The molecule has 0 aliphatic carbocycles. The number of ether oxygens (including phenoxy) is 1. The molecule has 4 N–H and O–H groups in total. The minimum absolute atomic E-state index is 0.0930. The first-order chi connectivity index (χ1) is 28.1. The number of aliphatic imine (C=N–C) groups is 1. The van der Waals surface area contributed by atoms with Crippen LogP contribution in [-0.4, -0.2) is 80.2 Å². The van der Waals surface area contributed by atoms with Gasteiger partial charge in [-0.2, -0.15) is 5.10 Å². The van der Waals surface area contributed by atoms with Crippen molar-refractivity contribution in [2.24, 2.45) is 10.7 Å². The molecule has 11 nitrogen and oxygen atoms in total. The highest BCUT2D eigenvalue weighted by Gasteiger charge is 2.31. The summed E-state index contributed by atoms with van der Waals surface area (Å²) < 4.78 is 37.6. The third-order valence-corrected chi connectivity index (χ3v) is 10.6. The number of amides is 2. The second kappa shape index (κ2) is 24.5. The minimum atomic E-state index is -2.73. The molecule has 3 aromatic rings. The molecular weight excluding hydrogens is 739 g/mol. The first-order valence-corrected chi connectivity index (χ1v) is 20.1. The fourth-order valence-corrected chi connectivity index (χ4v) is 7.60. The summed E-state index contributed by atoms with van der Waals surface area (Å²) in [5.41, 5.74) is 13.8. The molecule has 1 aromatic heterocycles. The molecule has 1 saturated heterocycles. The standard InChI is InChI=1S/C41H55F2N7O2.C2H5NO.C2H2/c1-6-10-33(7-2)48(5)26-30-12-13-32(21-28(30)4)46-25-31(24-44)36-22-29-11-9-18-49(39(29)23-37(36)40(42)43)41-35(8-3)38(14-17-45-27-51)50(47-41)34-15-19-52-20-16-34;1-3-2-4;1-2/h7,12-13,21-25,27,33-34,40H,2,6,8-11,14-20,26,44H2,1,3-5H3,(H,45,51);2H,1H3,(H,3,4);1-2H/b31-24+,46-25?;;. The lowest BCUT2D eigenvalue weighted by Gasteiger charge is -2.32. The van der Waals surface area contributed by atoms with Gasteiger partial charge in [0.15, 0.2) is 5.82 Å². The number of nitrogens with two attached hydrogens (primary N) is 1. The maximum atomic E-state index is 14.9. The smallest absolute Gasteiger partial charge is 0.264 e. The van der Waals surface area contributed by atoms with E-state index >= 15 is 0 Å². The zero-order chi connectivity index (χ0) is 42.6. The van der Waals surface area contributed by atoms with E-state index in [-0.39, 0.29) is 11.6 Å². The summed E-state index contributed by atoms with van der Waals surface area (Å²) in [6.45, 7) is 13.6. The zero-order valence-electron chi connectivity index (χ0n) is 34.9. The van der Waals surface area contributed by atoms with Crippen LogP contribution in [0.2, 0.25) is 0 Å². The average molecular weight is 801 g/mol. The van der Waals surface area contributed by atoms with E-state index in [9.17, 15) is 13.6 Å². The van der Waals surface area contributed by atoms with E-state index in [1.165, 1.54) is 11.8 Å². The van der Waals surface area contributed by atoms with Crippen LogP contribution in [0.25, 0.3) is 5.57 Å². The van der Waals surface area contributed by atoms with Crippen molar-refractivity contribution in [3.05, 3.63) is 88.3 Å². The Morgan fingerprint density at radius 1 is 1.17 bits per heavy atom. The predicted octanol–water partition coefficient (Wildman–Crippen LogP) is 7.52. The second-order valence-electron chi connectivity index (χ2n) is 14.2. The average Bonchev–Trinajstić information content (AvgIpc) is 3.62. The van der Waals surface area contributed by atoms with Gasteiger partial charge < -0.3 is 26.0 Å². The SMILES string of the molecule is C#C.C=CC(CCC)N(C)Cc1ccc(N=C/C(=C\N)c2cc3c(cc2C(F)F)N(c2nn(C4CCOCC4)c(CCNC=O)c2CC)CCC3)cc1C.CNC=O. The van der Waals surface area contributed by atoms with Gasteiger partial charge in [0.05, 0.1) is 11.7 Å². The number of aromatic nitrogens is 2. The number of carbonyl (C=O) groups excluding carboxylic acids is 2. The maximum Gasteiger partial charge on any atom is 0.264 e. The van der Waals surface area contributed by atoms with Crippen molar-refractivity contribution < 1.29 is 23.1 Å². The number of likely N-dealkylation sites (N-methyl/N-ethyl adjacent to an activating group) is 1. The first-order valence-electron chi connectivity index (χ1n) is 20.1. The van der Waals surface area contributed by atoms with Gasteiger partial charge in [-0.15, -0.1) is 19.4 Å². The minimum Gasteiger partial charge on any atom is -0.404 e. The van der Waals surface area contributed by atoms with E-state index in [4.69, 9.17) is 25.4 Å². The van der Waals surface area contributed by atoms with Crippen molar-refractivity contribution in [2.45, 2.75) is 97.2 Å². The Morgan fingerprint density at radius 3 is 2.48 bits per heavy atom. The third-order valence-electron chi connectivity index (χ3n) is 10.6. The Labute approximate surface area is 343 Å². The van der Waals surface area contributed by atoms with E-state index in [2.05, 4.69) is 78.4 Å². The Hall–Kier alpha value is -5.32. The number of carbonyl (C=O) groups is 2. The molecule has 0 saturated carbocycles. The molecule has 1 atom stereocenters. The molecule has 0 bridgehead atoms. The number of halogens is 2. The molecule has 58 heavy (non-hydrogen) atoms. The molecule has 2 aliphatic rings. The third kappa shape index (κ3) is 12.1. The monoisotopic (exact) mass is 800 g/mol. The Kier molecular flexibility index (Phi) is 19.8. The normalized spacial score (nSPS) is 14.9. The van der Waals surface area contributed by atoms with E-state index in [1.54, 1.807) is 19.3 Å². The number of fused-ring (bicyclic) bond motifs is 1. The predicted molar refractivity (Wildman–Crippen MR) is 232 cm³/mol. The summed E-state index contributed by atoms with van der Waals surface area (Å²) >= 11 is 0. The number of nitrogens with one attached hydrogen (secondary N) is 2. The molecule has 5 rings (SSSR count). The van der Waals surface area contributed by atoms with E-state index in [0.717, 1.165) is 91.1 Å². The van der Waals surface area contributed by atoms with Crippen LogP contribution in [0.4, 0.5) is 26.0 Å². The summed E-state index contributed by atoms with van der Waals surface area (Å²) in [6, 6.07) is 10.0. The highest BCUT2D eigenvalue weighted by molar-refractivity contribution is 6.11. The van der Waals surface area contributed by atoms with Crippen LogP contribution in [0.3, 0.4) is 0 Å². The number of aryl methyl sites for hydroxylation is 2. The molecule has 1 unspecified atom stereocenters. The van der Waals surface area contributed by atoms with Crippen molar-refractivity contribution >= 4 is 41.8 Å². The first kappa shape index (κ1) is 47.1. The van der Waals surface area contributed by atoms with Gasteiger partial charge in [0, 0.05) is 92.9 Å². The summed E-state index contributed by atoms with van der Waals surface area (Å²) in [5, 5.41) is 10.2. The summed E-state index contributed by atoms with van der Waals surface area (Å²) in [5.74, 6) is 0.801. The largest absolute Gasteiger partial charge is 0.404 e. The van der Waals surface area contributed by atoms with E-state index in [0.29, 0.717) is 62.7 Å². The molecule has 314 valence electrons. The highest BCUT2D eigenvalue weighted by atomic mass is 19.3. The number of benzene rings is 2. The molecule has 3 heterocycles. The number of hydrogen-bond acceptors (Lipinski definition) is 8. The lowest BCUT2D eigenvalue weighted by atomic mass is 9.92. The van der Waals surface area contributed by atoms with Crippen LogP contribution in [0.5, 0.6) is 0 Å². The molecule has 0 spiro atoms. The number of rotatable bonds is 18. The molecule has 13 heteroatoms. The van der Waals surface area contributed by atoms with E-state index in [1.807, 2.05) is 24.3 Å². The highest BCUT2D eigenvalue weighted by Crippen LogP contribution is 2.42. The van der Waals surface area contributed by atoms with Crippen molar-refractivity contribution in [2.75, 3.05) is 45.3 Å². The van der Waals surface area contributed by atoms with Gasteiger partial charge in [0.25, 0.3) is 6.43 Å². The fraction of sp³-hybridized carbons (Fsp3) is 0.467. The fourth-order valence-electron chi connectivity index (χ4n) is 7.60. The van der Waals surface area contributed by atoms with Crippen LogP contribution in [-0.2, 0) is 40.1 Å². The van der Waals surface area contributed by atoms with Crippen molar-refractivity contribution in [1.82, 2.24) is 25.3 Å². The van der Waals surface area contributed by atoms with Gasteiger partial charge in [-0.3, -0.25) is 24.2 Å².